The van der Waals surface area contributed by atoms with Crippen LogP contribution in [-0.2, 0) is 17.7 Å². The minimum absolute atomic E-state index is 0.00741. The van der Waals surface area contributed by atoms with Gasteiger partial charge in [-0.2, -0.15) is 0 Å². The number of nitrogens with one attached hydrogen (secondary N) is 1. The first-order chi connectivity index (χ1) is 14.2. The standard InChI is InChI=1S/C22H27N3O4/c1-27-19-10-15-6-8-25(14-17(15)11-20(19)28-2)22(26)16-5-7-23-21(12-16)24-13-18-4-3-9-29-18/h5,7,10-12,18H,3-4,6,8-9,13-14H2,1-2H3,(H,23,24). The van der Waals surface area contributed by atoms with Gasteiger partial charge in [0.15, 0.2) is 11.5 Å². The summed E-state index contributed by atoms with van der Waals surface area (Å²) in [6.07, 6.45) is 4.85. The van der Waals surface area contributed by atoms with Crippen molar-refractivity contribution in [3.05, 3.63) is 47.2 Å². The average Bonchev–Trinajstić information content (AvgIpc) is 3.29. The first-order valence-electron chi connectivity index (χ1n) is 10.0. The second kappa shape index (κ2) is 8.69. The highest BCUT2D eigenvalue weighted by Gasteiger charge is 2.24. The van der Waals surface area contributed by atoms with Crippen LogP contribution in [0.1, 0.15) is 34.3 Å². The topological polar surface area (TPSA) is 72.9 Å². The predicted octanol–water partition coefficient (Wildman–Crippen LogP) is 2.89. The first-order valence-corrected chi connectivity index (χ1v) is 10.0. The van der Waals surface area contributed by atoms with Gasteiger partial charge in [-0.3, -0.25) is 4.79 Å². The third-order valence-corrected chi connectivity index (χ3v) is 5.55. The van der Waals surface area contributed by atoms with Crippen LogP contribution < -0.4 is 14.8 Å². The fourth-order valence-electron chi connectivity index (χ4n) is 3.92. The molecule has 0 saturated carbocycles. The lowest BCUT2D eigenvalue weighted by Gasteiger charge is -2.29. The van der Waals surface area contributed by atoms with E-state index in [-0.39, 0.29) is 12.0 Å². The van der Waals surface area contributed by atoms with E-state index in [4.69, 9.17) is 14.2 Å². The Morgan fingerprint density at radius 2 is 2.03 bits per heavy atom. The zero-order valence-electron chi connectivity index (χ0n) is 16.9. The van der Waals surface area contributed by atoms with Gasteiger partial charge in [0.2, 0.25) is 0 Å². The van der Waals surface area contributed by atoms with E-state index >= 15 is 0 Å². The van der Waals surface area contributed by atoms with Crippen LogP contribution in [0.4, 0.5) is 5.82 Å². The Morgan fingerprint density at radius 3 is 2.76 bits per heavy atom. The summed E-state index contributed by atoms with van der Waals surface area (Å²) in [5, 5.41) is 3.29. The Bertz CT molecular complexity index is 880. The maximum absolute atomic E-state index is 13.1. The lowest BCUT2D eigenvalue weighted by Crippen LogP contribution is -2.36. The Hall–Kier alpha value is -2.80. The van der Waals surface area contributed by atoms with E-state index in [1.165, 1.54) is 5.56 Å². The first kappa shape index (κ1) is 19.5. The van der Waals surface area contributed by atoms with E-state index in [2.05, 4.69) is 10.3 Å². The van der Waals surface area contributed by atoms with Gasteiger partial charge in [-0.1, -0.05) is 0 Å². The Kier molecular flexibility index (Phi) is 5.85. The number of carbonyl (C=O) groups is 1. The number of benzene rings is 1. The molecule has 3 heterocycles. The van der Waals surface area contributed by atoms with Gasteiger partial charge >= 0.3 is 0 Å². The van der Waals surface area contributed by atoms with Crippen LogP contribution in [0.2, 0.25) is 0 Å². The fraction of sp³-hybridized carbons (Fsp3) is 0.455. The number of hydrogen-bond acceptors (Lipinski definition) is 6. The number of ether oxygens (including phenoxy) is 3. The number of aromatic nitrogens is 1. The second-order valence-corrected chi connectivity index (χ2v) is 7.40. The molecule has 7 nitrogen and oxygen atoms in total. The van der Waals surface area contributed by atoms with E-state index < -0.39 is 0 Å². The van der Waals surface area contributed by atoms with Crippen LogP contribution >= 0.6 is 0 Å². The van der Waals surface area contributed by atoms with Crippen LogP contribution in [-0.4, -0.2) is 55.8 Å². The summed E-state index contributed by atoms with van der Waals surface area (Å²) in [6.45, 7) is 2.76. The molecule has 1 saturated heterocycles. The Morgan fingerprint density at radius 1 is 1.24 bits per heavy atom. The largest absolute Gasteiger partial charge is 0.493 e. The molecular formula is C22H27N3O4. The van der Waals surface area contributed by atoms with E-state index in [0.29, 0.717) is 36.8 Å². The molecule has 1 N–H and O–H groups in total. The summed E-state index contributed by atoms with van der Waals surface area (Å²) in [5.74, 6) is 2.12. The van der Waals surface area contributed by atoms with Crippen molar-refractivity contribution in [3.63, 3.8) is 0 Å². The van der Waals surface area contributed by atoms with E-state index in [9.17, 15) is 4.79 Å². The summed E-state index contributed by atoms with van der Waals surface area (Å²) in [7, 11) is 3.26. The van der Waals surface area contributed by atoms with Crippen LogP contribution in [0.5, 0.6) is 11.5 Å². The number of amides is 1. The Balaban J connectivity index is 1.45. The molecule has 2 aliphatic heterocycles. The number of methoxy groups -OCH3 is 2. The van der Waals surface area contributed by atoms with Gasteiger partial charge in [0, 0.05) is 38.0 Å². The molecule has 0 aliphatic carbocycles. The van der Waals surface area contributed by atoms with Crippen LogP contribution in [0.3, 0.4) is 0 Å². The molecule has 4 rings (SSSR count). The van der Waals surface area contributed by atoms with Crippen LogP contribution in [0.25, 0.3) is 0 Å². The van der Waals surface area contributed by atoms with Gasteiger partial charge in [-0.05, 0) is 54.7 Å². The number of anilines is 1. The predicted molar refractivity (Wildman–Crippen MR) is 110 cm³/mol. The number of rotatable bonds is 6. The molecule has 29 heavy (non-hydrogen) atoms. The van der Waals surface area contributed by atoms with Crippen molar-refractivity contribution < 1.29 is 19.0 Å². The molecule has 1 fully saturated rings. The normalized spacial score (nSPS) is 18.3. The smallest absolute Gasteiger partial charge is 0.254 e. The number of carbonyl (C=O) groups excluding carboxylic acids is 1. The lowest BCUT2D eigenvalue weighted by atomic mass is 9.98. The van der Waals surface area contributed by atoms with E-state index in [1.54, 1.807) is 26.5 Å². The molecule has 1 unspecified atom stereocenters. The van der Waals surface area contributed by atoms with E-state index in [1.807, 2.05) is 23.1 Å². The van der Waals surface area contributed by atoms with Crippen LogP contribution in [0, 0.1) is 0 Å². The molecule has 1 atom stereocenters. The molecule has 1 amide bonds. The van der Waals surface area contributed by atoms with Crippen molar-refractivity contribution in [1.82, 2.24) is 9.88 Å². The summed E-state index contributed by atoms with van der Waals surface area (Å²) < 4.78 is 16.4. The highest BCUT2D eigenvalue weighted by Crippen LogP contribution is 2.33. The van der Waals surface area contributed by atoms with Gasteiger partial charge in [0.05, 0.1) is 20.3 Å². The number of hydrogen-bond donors (Lipinski definition) is 1. The molecule has 0 radical (unpaired) electrons. The molecule has 7 heteroatoms. The fourth-order valence-corrected chi connectivity index (χ4v) is 3.92. The molecule has 2 aromatic rings. The number of nitrogens with zero attached hydrogens (tertiary/aromatic N) is 2. The van der Waals surface area contributed by atoms with Gasteiger partial charge in [0.25, 0.3) is 5.91 Å². The van der Waals surface area contributed by atoms with Gasteiger partial charge in [-0.25, -0.2) is 4.98 Å². The third kappa shape index (κ3) is 4.29. The summed E-state index contributed by atoms with van der Waals surface area (Å²) in [4.78, 5) is 19.3. The van der Waals surface area contributed by atoms with Gasteiger partial charge < -0.3 is 24.4 Å². The number of fused-ring (bicyclic) bond motifs is 1. The van der Waals surface area contributed by atoms with Crippen molar-refractivity contribution in [2.45, 2.75) is 31.9 Å². The highest BCUT2D eigenvalue weighted by molar-refractivity contribution is 5.95. The minimum atomic E-state index is 0.00741. The third-order valence-electron chi connectivity index (χ3n) is 5.55. The molecule has 154 valence electrons. The maximum atomic E-state index is 13.1. The quantitative estimate of drug-likeness (QED) is 0.808. The zero-order valence-corrected chi connectivity index (χ0v) is 16.9. The Labute approximate surface area is 171 Å². The summed E-state index contributed by atoms with van der Waals surface area (Å²) in [5.41, 5.74) is 2.92. The van der Waals surface area contributed by atoms with Crippen LogP contribution in [0.15, 0.2) is 30.5 Å². The van der Waals surface area contributed by atoms with Gasteiger partial charge in [-0.15, -0.1) is 0 Å². The average molecular weight is 397 g/mol. The maximum Gasteiger partial charge on any atom is 0.254 e. The minimum Gasteiger partial charge on any atom is -0.493 e. The van der Waals surface area contributed by atoms with Gasteiger partial charge in [0.1, 0.15) is 5.82 Å². The molecule has 1 aromatic carbocycles. The molecule has 2 aliphatic rings. The van der Waals surface area contributed by atoms with Crippen molar-refractivity contribution in [1.29, 1.82) is 0 Å². The molecule has 0 spiro atoms. The van der Waals surface area contributed by atoms with Crippen molar-refractivity contribution in [3.8, 4) is 11.5 Å². The monoisotopic (exact) mass is 397 g/mol. The molecule has 0 bridgehead atoms. The second-order valence-electron chi connectivity index (χ2n) is 7.40. The summed E-state index contributed by atoms with van der Waals surface area (Å²) >= 11 is 0. The zero-order chi connectivity index (χ0) is 20.2. The highest BCUT2D eigenvalue weighted by atomic mass is 16.5. The molecule has 1 aromatic heterocycles. The molecular weight excluding hydrogens is 370 g/mol. The van der Waals surface area contributed by atoms with Crippen molar-refractivity contribution >= 4 is 11.7 Å². The lowest BCUT2D eigenvalue weighted by molar-refractivity contribution is 0.0734. The SMILES string of the molecule is COc1cc2c(cc1OC)CN(C(=O)c1ccnc(NCC3CCCO3)c1)CC2. The van der Waals surface area contributed by atoms with Crippen molar-refractivity contribution in [2.24, 2.45) is 0 Å². The number of pyridine rings is 1. The van der Waals surface area contributed by atoms with E-state index in [0.717, 1.165) is 37.2 Å². The summed E-state index contributed by atoms with van der Waals surface area (Å²) in [6, 6.07) is 7.56. The van der Waals surface area contributed by atoms with Crippen molar-refractivity contribution in [2.75, 3.05) is 39.2 Å².